The van der Waals surface area contributed by atoms with Crippen LogP contribution in [0.1, 0.15) is 89.6 Å². The zero-order chi connectivity index (χ0) is 64.1. The van der Waals surface area contributed by atoms with Gasteiger partial charge in [0.25, 0.3) is 5.91 Å². The van der Waals surface area contributed by atoms with E-state index >= 15 is 0 Å². The van der Waals surface area contributed by atoms with Crippen LogP contribution in [0.25, 0.3) is 27.8 Å². The summed E-state index contributed by atoms with van der Waals surface area (Å²) in [4.78, 5) is 60.6. The summed E-state index contributed by atoms with van der Waals surface area (Å²) in [6, 6.07) is 32.9. The van der Waals surface area contributed by atoms with Gasteiger partial charge in [-0.1, -0.05) is 92.7 Å². The molecule has 3 atom stereocenters. The Labute approximate surface area is 532 Å². The maximum atomic E-state index is 13.7. The fraction of sp³-hybridized carbons (Fsp3) is 0.412. The number of anilines is 2. The predicted octanol–water partition coefficient (Wildman–Crippen LogP) is 9.55. The number of ether oxygens (including phenoxy) is 1. The molecule has 19 nitrogen and oxygen atoms in total. The highest BCUT2D eigenvalue weighted by atomic mass is 35.5. The summed E-state index contributed by atoms with van der Waals surface area (Å²) < 4.78 is 47.2. The first-order chi connectivity index (χ1) is 43.8. The number of phenolic OH excluding ortho intramolecular Hbond substituents is 2. The number of nitriles is 1. The average Bonchev–Trinajstić information content (AvgIpc) is 1.87. The van der Waals surface area contributed by atoms with Crippen molar-refractivity contribution in [3.8, 4) is 40.7 Å². The van der Waals surface area contributed by atoms with E-state index in [-0.39, 0.29) is 77.7 Å². The van der Waals surface area contributed by atoms with E-state index in [1.165, 1.54) is 28.3 Å². The Bertz CT molecular complexity index is 3850. The predicted molar refractivity (Wildman–Crippen MR) is 341 cm³/mol. The van der Waals surface area contributed by atoms with Crippen molar-refractivity contribution in [3.63, 3.8) is 0 Å². The van der Waals surface area contributed by atoms with Gasteiger partial charge in [0.1, 0.15) is 30.5 Å². The standard InChI is InChI=1S/C68H75ClF3N13O6/c1-5-60(88)84-31-30-83(38-50(84)20-25-73)62-52-24-29-82(57-11-7-9-47-8-6-10-55(69)61(47)57)39-56(52)76-67(77-62)91-40-51-33-48(37-80(51)4)65(89)74-26-21-43-12-14-46(15-13-43)36-81-27-22-45(23-28-81)32-44-16-18-49(19-17-44)85-63(54-34-53(42(2)3)58(86)35-59(54)87)78-79-64(85)66(90)75-41-68(70,71)72/h5-19,34-35,42,45,48,50-51,86-87H,1,20-24,26-33,36-41H2,2-4H3,(H,74,89)(H,75,90)/t48-,50-,51-/m0/s1. The SMILES string of the molecule is C=CC(=O)N1CCN(c2nc(OC[C@@H]3C[C@H](C(=O)NCCc4ccc(CN5CCC(Cc6ccc(-n7c(C(=O)NCC(F)(F)F)nnc7-c7cc(C(C)C)c(O)cc7O)cc6)CC5)cc4)CN3C)nc3c2CCN(c2cccc4cccc(Cl)c24)C3)C[C@@H]1CC#N. The molecule has 0 unspecified atom stereocenters. The molecule has 0 radical (unpaired) electrons. The third-order valence-electron chi connectivity index (χ3n) is 18.1. The smallest absolute Gasteiger partial charge is 0.405 e. The molecule has 4 N–H and O–H groups in total. The Balaban J connectivity index is 0.658. The number of likely N-dealkylation sites (N-methyl/N-ethyl adjacent to an activating group) is 1. The maximum absolute atomic E-state index is 13.7. The molecule has 0 saturated carbocycles. The van der Waals surface area contributed by atoms with Crippen LogP contribution in [0.4, 0.5) is 24.7 Å². The number of halogens is 4. The number of likely N-dealkylation sites (tertiary alicyclic amines) is 2. The van der Waals surface area contributed by atoms with Crippen LogP contribution >= 0.6 is 11.6 Å². The first-order valence-corrected chi connectivity index (χ1v) is 31.4. The molecule has 3 amide bonds. The van der Waals surface area contributed by atoms with Gasteiger partial charge < -0.3 is 40.3 Å². The molecule has 0 aliphatic carbocycles. The Morgan fingerprint density at radius 3 is 2.33 bits per heavy atom. The number of carbonyl (C=O) groups is 3. The lowest BCUT2D eigenvalue weighted by Crippen LogP contribution is -2.55. The summed E-state index contributed by atoms with van der Waals surface area (Å²) >= 11 is 6.81. The minimum absolute atomic E-state index is 0.00779. The number of nitrogens with zero attached hydrogens (tertiary/aromatic N) is 11. The molecule has 0 spiro atoms. The van der Waals surface area contributed by atoms with Crippen molar-refractivity contribution in [2.75, 3.05) is 82.4 Å². The van der Waals surface area contributed by atoms with Crippen LogP contribution in [-0.2, 0) is 41.9 Å². The number of rotatable bonds is 20. The fourth-order valence-corrected chi connectivity index (χ4v) is 13.5. The third-order valence-corrected chi connectivity index (χ3v) is 18.4. The number of aromatic nitrogens is 5. The highest BCUT2D eigenvalue weighted by molar-refractivity contribution is 6.36. The Morgan fingerprint density at radius 1 is 0.868 bits per heavy atom. The molecule has 3 saturated heterocycles. The Kier molecular flexibility index (Phi) is 19.5. The van der Waals surface area contributed by atoms with Gasteiger partial charge in [0.05, 0.1) is 47.3 Å². The average molecular weight is 1260 g/mol. The van der Waals surface area contributed by atoms with Gasteiger partial charge in [-0.2, -0.15) is 28.4 Å². The van der Waals surface area contributed by atoms with Crippen molar-refractivity contribution in [2.45, 2.75) is 96.1 Å². The number of carbonyl (C=O) groups excluding carboxylic acids is 3. The van der Waals surface area contributed by atoms with Crippen LogP contribution in [-0.4, -0.2) is 158 Å². The molecule has 476 valence electrons. The van der Waals surface area contributed by atoms with Crippen LogP contribution in [0.15, 0.2) is 110 Å². The van der Waals surface area contributed by atoms with E-state index in [0.29, 0.717) is 87.3 Å². The quantitative estimate of drug-likeness (QED) is 0.0522. The van der Waals surface area contributed by atoms with Crippen molar-refractivity contribution in [1.82, 2.24) is 50.1 Å². The molecule has 7 aromatic rings. The van der Waals surface area contributed by atoms with E-state index in [2.05, 4.69) is 90.2 Å². The molecule has 2 aromatic heterocycles. The summed E-state index contributed by atoms with van der Waals surface area (Å²) in [5.74, 6) is -1.32. The van der Waals surface area contributed by atoms with Crippen LogP contribution in [0.2, 0.25) is 5.02 Å². The second-order valence-corrected chi connectivity index (χ2v) is 25.0. The van der Waals surface area contributed by atoms with E-state index in [9.17, 15) is 43.0 Å². The lowest BCUT2D eigenvalue weighted by atomic mass is 9.90. The first kappa shape index (κ1) is 63.8. The van der Waals surface area contributed by atoms with Gasteiger partial charge in [-0.3, -0.25) is 28.8 Å². The molecule has 91 heavy (non-hydrogen) atoms. The van der Waals surface area contributed by atoms with E-state index in [0.717, 1.165) is 83.6 Å². The van der Waals surface area contributed by atoms with E-state index in [1.807, 2.05) is 56.5 Å². The van der Waals surface area contributed by atoms with Crippen molar-refractivity contribution < 1.29 is 42.5 Å². The number of hydrogen-bond acceptors (Lipinski definition) is 15. The molecule has 0 bridgehead atoms. The van der Waals surface area contributed by atoms with E-state index in [1.54, 1.807) is 17.0 Å². The van der Waals surface area contributed by atoms with Crippen LogP contribution < -0.4 is 25.2 Å². The molecule has 11 rings (SSSR count). The molecule has 4 aliphatic rings. The number of hydrogen-bond donors (Lipinski definition) is 4. The summed E-state index contributed by atoms with van der Waals surface area (Å²) in [5.41, 5.74) is 7.32. The largest absolute Gasteiger partial charge is 0.508 e. The van der Waals surface area contributed by atoms with Gasteiger partial charge in [-0.15, -0.1) is 10.2 Å². The highest BCUT2D eigenvalue weighted by Crippen LogP contribution is 2.40. The fourth-order valence-electron chi connectivity index (χ4n) is 13.2. The van der Waals surface area contributed by atoms with Gasteiger partial charge in [0.15, 0.2) is 5.82 Å². The number of fused-ring (bicyclic) bond motifs is 2. The minimum Gasteiger partial charge on any atom is -0.508 e. The topological polar surface area (TPSA) is 221 Å². The summed E-state index contributed by atoms with van der Waals surface area (Å²) in [7, 11) is 2.01. The Morgan fingerprint density at radius 2 is 1.60 bits per heavy atom. The van der Waals surface area contributed by atoms with E-state index < -0.39 is 24.5 Å². The second-order valence-electron chi connectivity index (χ2n) is 24.6. The summed E-state index contributed by atoms with van der Waals surface area (Å²) in [5, 5.41) is 47.1. The molecule has 3 fully saturated rings. The normalized spacial score (nSPS) is 18.3. The number of phenols is 2. The maximum Gasteiger partial charge on any atom is 0.405 e. The zero-order valence-electron chi connectivity index (χ0n) is 51.3. The summed E-state index contributed by atoms with van der Waals surface area (Å²) in [6.07, 6.45) is 1.56. The Hall–Kier alpha value is -8.78. The summed E-state index contributed by atoms with van der Waals surface area (Å²) in [6.45, 7) is 12.4. The van der Waals surface area contributed by atoms with Crippen molar-refractivity contribution in [1.29, 1.82) is 5.26 Å². The molecule has 4 aliphatic heterocycles. The first-order valence-electron chi connectivity index (χ1n) is 31.0. The number of benzene rings is 5. The molecule has 5 aromatic carbocycles. The van der Waals surface area contributed by atoms with Gasteiger partial charge in [-0.05, 0) is 135 Å². The lowest BCUT2D eigenvalue weighted by molar-refractivity contribution is -0.128. The molecule has 6 heterocycles. The number of nitrogens with one attached hydrogen (secondary N) is 2. The van der Waals surface area contributed by atoms with Crippen molar-refractivity contribution in [3.05, 3.63) is 154 Å². The van der Waals surface area contributed by atoms with Crippen molar-refractivity contribution in [2.24, 2.45) is 11.8 Å². The molecule has 23 heteroatoms. The molecular formula is C68H75ClF3N13O6. The van der Waals surface area contributed by atoms with Gasteiger partial charge in [0.2, 0.25) is 17.6 Å². The third kappa shape index (κ3) is 14.7. The highest BCUT2D eigenvalue weighted by Gasteiger charge is 2.37. The molecular weight excluding hydrogens is 1190 g/mol. The van der Waals surface area contributed by atoms with Crippen LogP contribution in [0.3, 0.4) is 0 Å². The van der Waals surface area contributed by atoms with Gasteiger partial charge >= 0.3 is 12.2 Å². The number of piperazine rings is 1. The van der Waals surface area contributed by atoms with Crippen molar-refractivity contribution >= 4 is 51.6 Å². The monoisotopic (exact) mass is 1260 g/mol. The number of amides is 3. The van der Waals surface area contributed by atoms with Gasteiger partial charge in [-0.25, -0.2) is 0 Å². The lowest BCUT2D eigenvalue weighted by Gasteiger charge is -2.42. The zero-order valence-corrected chi connectivity index (χ0v) is 52.1. The minimum atomic E-state index is -4.65. The van der Waals surface area contributed by atoms with E-state index in [4.69, 9.17) is 26.3 Å². The van der Waals surface area contributed by atoms with Crippen LogP contribution in [0, 0.1) is 23.2 Å². The van der Waals surface area contributed by atoms with Crippen LogP contribution in [0.5, 0.6) is 17.5 Å². The number of alkyl halides is 3. The number of piperidine rings is 1. The second kappa shape index (κ2) is 27.8. The number of aromatic hydroxyl groups is 2. The van der Waals surface area contributed by atoms with Gasteiger partial charge in [0, 0.05) is 80.2 Å².